The van der Waals surface area contributed by atoms with Gasteiger partial charge in [-0.05, 0) is 87.4 Å². The van der Waals surface area contributed by atoms with Crippen molar-refractivity contribution in [3.63, 3.8) is 0 Å². The number of fused-ring (bicyclic) bond motifs is 8. The number of para-hydroxylation sites is 2. The molecule has 2 heterocycles. The molecule has 1 unspecified atom stereocenters. The quantitative estimate of drug-likeness (QED) is 0.188. The molecule has 0 radical (unpaired) electrons. The van der Waals surface area contributed by atoms with Crippen LogP contribution in [-0.4, -0.2) is 0 Å². The van der Waals surface area contributed by atoms with Crippen LogP contribution in [-0.2, 0) is 0 Å². The molecule has 3 nitrogen and oxygen atoms in total. The summed E-state index contributed by atoms with van der Waals surface area (Å²) in [6.07, 6.45) is 0. The van der Waals surface area contributed by atoms with Crippen molar-refractivity contribution >= 4 is 78.0 Å². The summed E-state index contributed by atoms with van der Waals surface area (Å²) >= 11 is 1.91. The predicted molar refractivity (Wildman–Crippen MR) is 208 cm³/mol. The van der Waals surface area contributed by atoms with Crippen LogP contribution in [0.1, 0.15) is 10.9 Å². The molecule has 0 saturated heterocycles. The first-order chi connectivity index (χ1) is 24.3. The molecule has 0 saturated carbocycles. The van der Waals surface area contributed by atoms with E-state index in [1.165, 1.54) is 37.7 Å². The minimum atomic E-state index is 0.181. The van der Waals surface area contributed by atoms with E-state index in [9.17, 15) is 0 Å². The molecule has 1 atom stereocenters. The van der Waals surface area contributed by atoms with Crippen LogP contribution in [0.5, 0.6) is 0 Å². The van der Waals surface area contributed by atoms with Crippen molar-refractivity contribution in [3.05, 3.63) is 175 Å². The summed E-state index contributed by atoms with van der Waals surface area (Å²) in [6, 6.07) is 60.8. The van der Waals surface area contributed by atoms with Crippen molar-refractivity contribution in [3.8, 4) is 11.1 Å². The average Bonchev–Trinajstić information content (AvgIpc) is 3.78. The highest BCUT2D eigenvalue weighted by Crippen LogP contribution is 2.51. The maximum Gasteiger partial charge on any atom is 0.136 e. The summed E-state index contributed by atoms with van der Waals surface area (Å²) in [7, 11) is 0. The molecular weight excluding hydrogens is 617 g/mol. The van der Waals surface area contributed by atoms with Crippen LogP contribution in [0.25, 0.3) is 54.6 Å². The fraction of sp³-hybridized carbons (Fsp3) is 0.0222. The van der Waals surface area contributed by atoms with Gasteiger partial charge in [-0.15, -0.1) is 0 Å². The van der Waals surface area contributed by atoms with E-state index in [2.05, 4.69) is 168 Å². The highest BCUT2D eigenvalue weighted by molar-refractivity contribution is 8.00. The molecule has 9 aromatic rings. The molecule has 0 aliphatic carbocycles. The Balaban J connectivity index is 1.14. The summed E-state index contributed by atoms with van der Waals surface area (Å²) in [5.41, 5.74) is 9.91. The van der Waals surface area contributed by atoms with E-state index >= 15 is 0 Å². The van der Waals surface area contributed by atoms with Gasteiger partial charge in [-0.2, -0.15) is 0 Å². The van der Waals surface area contributed by atoms with Gasteiger partial charge in [0, 0.05) is 43.8 Å². The molecule has 0 bridgehead atoms. The molecule has 49 heavy (non-hydrogen) atoms. The smallest absolute Gasteiger partial charge is 0.136 e. The van der Waals surface area contributed by atoms with Crippen LogP contribution in [0.4, 0.5) is 22.7 Å². The Hall–Kier alpha value is -5.97. The number of hydrogen-bond acceptors (Lipinski definition) is 4. The summed E-state index contributed by atoms with van der Waals surface area (Å²) in [5.74, 6) is 0. The number of nitrogens with zero attached hydrogens (tertiary/aromatic N) is 1. The number of furan rings is 1. The summed E-state index contributed by atoms with van der Waals surface area (Å²) < 4.78 is 6.25. The van der Waals surface area contributed by atoms with Crippen molar-refractivity contribution in [2.45, 2.75) is 10.3 Å². The van der Waals surface area contributed by atoms with Crippen molar-refractivity contribution in [2.24, 2.45) is 0 Å². The second kappa shape index (κ2) is 11.3. The van der Waals surface area contributed by atoms with Crippen LogP contribution in [0.15, 0.2) is 179 Å². The third kappa shape index (κ3) is 4.67. The summed E-state index contributed by atoms with van der Waals surface area (Å²) in [5, 5.41) is 11.3. The van der Waals surface area contributed by atoms with Gasteiger partial charge < -0.3 is 14.6 Å². The standard InChI is InChI=1S/C45H30N2OS/c1-3-11-31(12-4-1)45-46-39-26-24-30-22-21-29-23-25-35(28-38(29)42(30)44(39)49-45)47(33-14-5-2-6-15-33)34-16-9-13-32(27-34)36-18-10-20-41-43(36)37-17-7-8-19-40(37)48-41/h1-28,45-46H. The summed E-state index contributed by atoms with van der Waals surface area (Å²) in [6.45, 7) is 0. The maximum absolute atomic E-state index is 6.25. The molecule has 0 spiro atoms. The lowest BCUT2D eigenvalue weighted by atomic mass is 9.98. The molecule has 1 aliphatic rings. The van der Waals surface area contributed by atoms with Gasteiger partial charge >= 0.3 is 0 Å². The Bertz CT molecular complexity index is 2680. The highest BCUT2D eigenvalue weighted by atomic mass is 32.2. The number of thioether (sulfide) groups is 1. The number of benzene rings is 8. The Morgan fingerprint density at radius 3 is 2.10 bits per heavy atom. The minimum absolute atomic E-state index is 0.181. The third-order valence-corrected chi connectivity index (χ3v) is 10.9. The number of anilines is 4. The molecule has 1 aromatic heterocycles. The van der Waals surface area contributed by atoms with Gasteiger partial charge in [-0.25, -0.2) is 0 Å². The second-order valence-electron chi connectivity index (χ2n) is 12.6. The fourth-order valence-corrected chi connectivity index (χ4v) is 8.71. The Morgan fingerprint density at radius 2 is 1.20 bits per heavy atom. The third-order valence-electron chi connectivity index (χ3n) is 9.65. The average molecular weight is 647 g/mol. The van der Waals surface area contributed by atoms with Gasteiger partial charge in [-0.1, -0.05) is 127 Å². The Kier molecular flexibility index (Phi) is 6.49. The van der Waals surface area contributed by atoms with Crippen LogP contribution < -0.4 is 10.2 Å². The number of hydrogen-bond donors (Lipinski definition) is 1. The summed E-state index contributed by atoms with van der Waals surface area (Å²) in [4.78, 5) is 3.68. The van der Waals surface area contributed by atoms with E-state index in [0.717, 1.165) is 50.1 Å². The van der Waals surface area contributed by atoms with Crippen LogP contribution in [0.2, 0.25) is 0 Å². The van der Waals surface area contributed by atoms with Crippen LogP contribution in [0.3, 0.4) is 0 Å². The zero-order valence-electron chi connectivity index (χ0n) is 26.5. The zero-order chi connectivity index (χ0) is 32.3. The van der Waals surface area contributed by atoms with Crippen LogP contribution in [0, 0.1) is 0 Å². The van der Waals surface area contributed by atoms with Gasteiger partial charge in [0.2, 0.25) is 0 Å². The van der Waals surface area contributed by atoms with Gasteiger partial charge in [0.05, 0.1) is 0 Å². The Labute approximate surface area is 288 Å². The van der Waals surface area contributed by atoms with Crippen molar-refractivity contribution in [2.75, 3.05) is 10.2 Å². The molecule has 8 aromatic carbocycles. The van der Waals surface area contributed by atoms with Crippen LogP contribution >= 0.6 is 11.8 Å². The molecule has 0 amide bonds. The first kappa shape index (κ1) is 28.1. The first-order valence-electron chi connectivity index (χ1n) is 16.6. The van der Waals surface area contributed by atoms with Gasteiger partial charge in [0.25, 0.3) is 0 Å². The molecular formula is C45H30N2OS. The first-order valence-corrected chi connectivity index (χ1v) is 17.5. The van der Waals surface area contributed by atoms with Gasteiger partial charge in [0.15, 0.2) is 0 Å². The topological polar surface area (TPSA) is 28.4 Å². The van der Waals surface area contributed by atoms with Crippen molar-refractivity contribution in [1.29, 1.82) is 0 Å². The van der Waals surface area contributed by atoms with E-state index in [0.29, 0.717) is 0 Å². The van der Waals surface area contributed by atoms with E-state index < -0.39 is 0 Å². The lowest BCUT2D eigenvalue weighted by molar-refractivity contribution is 0.669. The lowest BCUT2D eigenvalue weighted by Gasteiger charge is -2.26. The SMILES string of the molecule is c1ccc(C2Nc3ccc4ccc5ccc(N(c6ccccc6)c6cccc(-c7cccc8oc9ccccc9c78)c6)cc5c4c3S2)cc1. The second-order valence-corrected chi connectivity index (χ2v) is 13.7. The number of rotatable bonds is 5. The predicted octanol–water partition coefficient (Wildman–Crippen LogP) is 13.2. The molecule has 1 N–H and O–H groups in total. The van der Waals surface area contributed by atoms with Crippen molar-refractivity contribution in [1.82, 2.24) is 0 Å². The van der Waals surface area contributed by atoms with Crippen molar-refractivity contribution < 1.29 is 4.42 Å². The molecule has 0 fully saturated rings. The Morgan fingerprint density at radius 1 is 0.510 bits per heavy atom. The monoisotopic (exact) mass is 646 g/mol. The molecule has 232 valence electrons. The zero-order valence-corrected chi connectivity index (χ0v) is 27.3. The maximum atomic E-state index is 6.25. The fourth-order valence-electron chi connectivity index (χ4n) is 7.40. The number of nitrogens with one attached hydrogen (secondary N) is 1. The van der Waals surface area contributed by atoms with E-state index in [1.54, 1.807) is 0 Å². The highest BCUT2D eigenvalue weighted by Gasteiger charge is 2.26. The molecule has 10 rings (SSSR count). The normalized spacial score (nSPS) is 14.0. The largest absolute Gasteiger partial charge is 0.456 e. The van der Waals surface area contributed by atoms with E-state index in [-0.39, 0.29) is 5.37 Å². The van der Waals surface area contributed by atoms with Gasteiger partial charge in [0.1, 0.15) is 16.5 Å². The molecule has 4 heteroatoms. The minimum Gasteiger partial charge on any atom is -0.456 e. The van der Waals surface area contributed by atoms with E-state index in [1.807, 2.05) is 23.9 Å². The van der Waals surface area contributed by atoms with E-state index in [4.69, 9.17) is 4.42 Å². The molecule has 1 aliphatic heterocycles. The lowest BCUT2D eigenvalue weighted by Crippen LogP contribution is -2.10. The van der Waals surface area contributed by atoms with Gasteiger partial charge in [-0.3, -0.25) is 0 Å².